The summed E-state index contributed by atoms with van der Waals surface area (Å²) in [7, 11) is 0. The number of benzene rings is 2. The lowest BCUT2D eigenvalue weighted by Gasteiger charge is -2.24. The number of carbonyl (C=O) groups excluding carboxylic acids is 1. The predicted octanol–water partition coefficient (Wildman–Crippen LogP) is 3.62. The van der Waals surface area contributed by atoms with Gasteiger partial charge in [0.05, 0.1) is 23.6 Å². The van der Waals surface area contributed by atoms with Crippen LogP contribution in [0.15, 0.2) is 73.2 Å². The quantitative estimate of drug-likeness (QED) is 0.709. The van der Waals surface area contributed by atoms with Crippen LogP contribution in [0.4, 0.5) is 17.1 Å². The number of fused-ring (bicyclic) bond motifs is 5. The molecule has 1 unspecified atom stereocenters. The van der Waals surface area contributed by atoms with Crippen LogP contribution in [0.5, 0.6) is 5.75 Å². The molecule has 3 aromatic rings. The van der Waals surface area contributed by atoms with Gasteiger partial charge in [-0.3, -0.25) is 9.78 Å². The Hall–Kier alpha value is -3.80. The molecule has 1 atom stereocenters. The summed E-state index contributed by atoms with van der Waals surface area (Å²) in [6.45, 7) is 0.731. The van der Waals surface area contributed by atoms with E-state index in [0.717, 1.165) is 39.6 Å². The highest BCUT2D eigenvalue weighted by Crippen LogP contribution is 2.54. The Morgan fingerprint density at radius 2 is 1.79 bits per heavy atom. The number of anilines is 3. The van der Waals surface area contributed by atoms with E-state index in [2.05, 4.69) is 15.6 Å². The molecule has 6 nitrogen and oxygen atoms in total. The average Bonchev–Trinajstić information content (AvgIpc) is 3.25. The number of rotatable bonds is 2. The number of amides is 1. The normalized spacial score (nSPS) is 20.6. The topological polar surface area (TPSA) is 66.5 Å². The third-order valence-corrected chi connectivity index (χ3v) is 5.90. The van der Waals surface area contributed by atoms with Crippen molar-refractivity contribution in [3.63, 3.8) is 0 Å². The van der Waals surface area contributed by atoms with Gasteiger partial charge in [0.1, 0.15) is 17.8 Å². The van der Waals surface area contributed by atoms with Gasteiger partial charge in [0.2, 0.25) is 5.91 Å². The van der Waals surface area contributed by atoms with Gasteiger partial charge >= 0.3 is 0 Å². The van der Waals surface area contributed by atoms with Crippen LogP contribution in [0.1, 0.15) is 16.8 Å². The van der Waals surface area contributed by atoms with Crippen molar-refractivity contribution in [1.29, 1.82) is 0 Å². The third-order valence-electron chi connectivity index (χ3n) is 5.90. The van der Waals surface area contributed by atoms with Crippen LogP contribution in [0.2, 0.25) is 0 Å². The van der Waals surface area contributed by atoms with Gasteiger partial charge in [0.15, 0.2) is 0 Å². The van der Waals surface area contributed by atoms with E-state index in [0.29, 0.717) is 13.2 Å². The third kappa shape index (κ3) is 2.17. The molecular formula is C23H18N4O2. The van der Waals surface area contributed by atoms with Gasteiger partial charge in [-0.2, -0.15) is 0 Å². The Morgan fingerprint density at radius 3 is 2.62 bits per heavy atom. The Bertz CT molecular complexity index is 1170. The Morgan fingerprint density at radius 1 is 1.00 bits per heavy atom. The van der Waals surface area contributed by atoms with Gasteiger partial charge in [-0.05, 0) is 29.8 Å². The summed E-state index contributed by atoms with van der Waals surface area (Å²) >= 11 is 0. The van der Waals surface area contributed by atoms with Crippen LogP contribution in [0.3, 0.4) is 0 Å². The smallest absolute Gasteiger partial charge is 0.246 e. The maximum absolute atomic E-state index is 13.9. The maximum Gasteiger partial charge on any atom is 0.246 e. The van der Waals surface area contributed by atoms with Crippen LogP contribution in [-0.4, -0.2) is 17.5 Å². The lowest BCUT2D eigenvalue weighted by molar-refractivity contribution is -0.122. The number of aromatic nitrogens is 1. The first-order chi connectivity index (χ1) is 14.3. The van der Waals surface area contributed by atoms with Crippen molar-refractivity contribution >= 4 is 23.0 Å². The van der Waals surface area contributed by atoms with E-state index >= 15 is 0 Å². The molecule has 3 aliphatic rings. The zero-order chi connectivity index (χ0) is 19.4. The Labute approximate surface area is 167 Å². The lowest BCUT2D eigenvalue weighted by Crippen LogP contribution is -2.42. The summed E-state index contributed by atoms with van der Waals surface area (Å²) in [4.78, 5) is 20.1. The summed E-state index contributed by atoms with van der Waals surface area (Å²) in [6, 6.07) is 17.8. The molecule has 142 valence electrons. The fraction of sp³-hybridized carbons (Fsp3) is 0.130. The highest BCUT2D eigenvalue weighted by atomic mass is 16.5. The van der Waals surface area contributed by atoms with Gasteiger partial charge in [0.25, 0.3) is 0 Å². The number of hydrogen-bond donors (Lipinski definition) is 2. The number of nitrogens with one attached hydrogen (secondary N) is 2. The number of ether oxygens (including phenoxy) is 1. The van der Waals surface area contributed by atoms with E-state index < -0.39 is 5.41 Å². The summed E-state index contributed by atoms with van der Waals surface area (Å²) in [5.74, 6) is 0.776. The second-order valence-electron chi connectivity index (χ2n) is 7.44. The average molecular weight is 382 g/mol. The fourth-order valence-corrected chi connectivity index (χ4v) is 4.53. The van der Waals surface area contributed by atoms with Crippen LogP contribution in [0.25, 0.3) is 0 Å². The zero-order valence-electron chi connectivity index (χ0n) is 15.6. The summed E-state index contributed by atoms with van der Waals surface area (Å²) in [6.07, 6.45) is 5.43. The Balaban J connectivity index is 1.51. The monoisotopic (exact) mass is 382 g/mol. The molecule has 2 aromatic carbocycles. The molecule has 2 N–H and O–H groups in total. The van der Waals surface area contributed by atoms with Crippen molar-refractivity contribution in [3.05, 3.63) is 90.0 Å². The van der Waals surface area contributed by atoms with Crippen molar-refractivity contribution in [2.45, 2.75) is 12.0 Å². The fourth-order valence-electron chi connectivity index (χ4n) is 4.53. The SMILES string of the molecule is O=C1N(Cc2ccccn2)c2ccccc2C12COc1cc3c(cc12)NC=CN3. The van der Waals surface area contributed by atoms with E-state index in [4.69, 9.17) is 4.74 Å². The first-order valence-corrected chi connectivity index (χ1v) is 9.58. The minimum atomic E-state index is -0.835. The molecule has 1 spiro atoms. The molecule has 4 heterocycles. The largest absolute Gasteiger partial charge is 0.491 e. The molecule has 0 aliphatic carbocycles. The number of para-hydroxylation sites is 1. The second kappa shape index (κ2) is 5.85. The highest BCUT2D eigenvalue weighted by molar-refractivity contribution is 6.11. The van der Waals surface area contributed by atoms with E-state index in [-0.39, 0.29) is 5.91 Å². The standard InChI is InChI=1S/C23H18N4O2/c28-22-23(14-29-21-12-19-18(11-17(21)23)25-9-10-26-19)16-6-1-2-7-20(16)27(22)13-15-5-3-4-8-24-15/h1-12,25-26H,13-14H2. The number of carbonyl (C=O) groups is 1. The van der Waals surface area contributed by atoms with Crippen molar-refractivity contribution < 1.29 is 9.53 Å². The molecule has 6 rings (SSSR count). The van der Waals surface area contributed by atoms with Gasteiger partial charge in [-0.1, -0.05) is 24.3 Å². The molecule has 29 heavy (non-hydrogen) atoms. The van der Waals surface area contributed by atoms with Gasteiger partial charge in [0, 0.05) is 35.9 Å². The summed E-state index contributed by atoms with van der Waals surface area (Å²) < 4.78 is 6.07. The maximum atomic E-state index is 13.9. The number of nitrogens with zero attached hydrogens (tertiary/aromatic N) is 2. The molecule has 0 saturated heterocycles. The molecule has 6 heteroatoms. The molecule has 0 saturated carbocycles. The highest BCUT2D eigenvalue weighted by Gasteiger charge is 2.57. The molecule has 1 aromatic heterocycles. The van der Waals surface area contributed by atoms with Crippen molar-refractivity contribution in [2.24, 2.45) is 0 Å². The molecule has 3 aliphatic heterocycles. The van der Waals surface area contributed by atoms with Gasteiger partial charge < -0.3 is 20.3 Å². The predicted molar refractivity (Wildman–Crippen MR) is 111 cm³/mol. The first-order valence-electron chi connectivity index (χ1n) is 9.58. The minimum absolute atomic E-state index is 0.0300. The van der Waals surface area contributed by atoms with E-state index in [1.807, 2.05) is 71.9 Å². The van der Waals surface area contributed by atoms with Crippen molar-refractivity contribution in [3.8, 4) is 5.75 Å². The minimum Gasteiger partial charge on any atom is -0.491 e. The molecule has 0 bridgehead atoms. The van der Waals surface area contributed by atoms with Crippen LogP contribution < -0.4 is 20.3 Å². The second-order valence-corrected chi connectivity index (χ2v) is 7.44. The summed E-state index contributed by atoms with van der Waals surface area (Å²) in [5.41, 5.74) is 4.70. The molecular weight excluding hydrogens is 364 g/mol. The lowest BCUT2D eigenvalue weighted by atomic mass is 9.77. The van der Waals surface area contributed by atoms with E-state index in [9.17, 15) is 4.79 Å². The van der Waals surface area contributed by atoms with Gasteiger partial charge in [-0.15, -0.1) is 0 Å². The van der Waals surface area contributed by atoms with Crippen LogP contribution in [-0.2, 0) is 16.8 Å². The van der Waals surface area contributed by atoms with Crippen LogP contribution in [0, 0.1) is 0 Å². The number of hydrogen-bond acceptors (Lipinski definition) is 5. The number of pyridine rings is 1. The Kier molecular flexibility index (Phi) is 3.26. The molecule has 1 amide bonds. The van der Waals surface area contributed by atoms with E-state index in [1.54, 1.807) is 6.20 Å². The molecule has 0 radical (unpaired) electrons. The zero-order valence-corrected chi connectivity index (χ0v) is 15.6. The first kappa shape index (κ1) is 16.2. The summed E-state index contributed by atoms with van der Waals surface area (Å²) in [5, 5.41) is 6.47. The van der Waals surface area contributed by atoms with Gasteiger partial charge in [-0.25, -0.2) is 0 Å². The van der Waals surface area contributed by atoms with Crippen molar-refractivity contribution in [2.75, 3.05) is 22.1 Å². The van der Waals surface area contributed by atoms with Crippen molar-refractivity contribution in [1.82, 2.24) is 4.98 Å². The van der Waals surface area contributed by atoms with E-state index in [1.165, 1.54) is 0 Å². The van der Waals surface area contributed by atoms with Crippen LogP contribution >= 0.6 is 0 Å². The molecule has 0 fully saturated rings.